The number of hydrogen-bond acceptors (Lipinski definition) is 5. The Labute approximate surface area is 158 Å². The van der Waals surface area contributed by atoms with Gasteiger partial charge in [-0.1, -0.05) is 30.3 Å². The molecule has 3 rings (SSSR count). The first-order valence-electron chi connectivity index (χ1n) is 9.11. The maximum Gasteiger partial charge on any atom is 0.309 e. The van der Waals surface area contributed by atoms with Crippen molar-refractivity contribution in [3.63, 3.8) is 0 Å². The minimum Gasteiger partial charge on any atom is -0.466 e. The summed E-state index contributed by atoms with van der Waals surface area (Å²) in [6.07, 6.45) is 2.51. The van der Waals surface area contributed by atoms with Gasteiger partial charge in [-0.3, -0.25) is 9.59 Å². The lowest BCUT2D eigenvalue weighted by atomic mass is 9.97. The number of aryl methyl sites for hydroxylation is 1. The quantitative estimate of drug-likeness (QED) is 0.728. The molecule has 1 aliphatic heterocycles. The van der Waals surface area contributed by atoms with E-state index in [1.165, 1.54) is 0 Å². The lowest BCUT2D eigenvalue weighted by Crippen LogP contribution is -2.40. The minimum atomic E-state index is -0.129. The first-order chi connectivity index (χ1) is 12.7. The van der Waals surface area contributed by atoms with Crippen LogP contribution < -0.4 is 0 Å². The van der Waals surface area contributed by atoms with E-state index in [1.54, 1.807) is 11.3 Å². The normalized spacial score (nSPS) is 15.0. The second-order valence-corrected chi connectivity index (χ2v) is 7.34. The number of carbonyl (C=O) groups is 2. The summed E-state index contributed by atoms with van der Waals surface area (Å²) in [5.41, 5.74) is 2.07. The Morgan fingerprint density at radius 1 is 1.23 bits per heavy atom. The van der Waals surface area contributed by atoms with Gasteiger partial charge >= 0.3 is 5.97 Å². The van der Waals surface area contributed by atoms with Crippen molar-refractivity contribution in [3.05, 3.63) is 40.7 Å². The zero-order chi connectivity index (χ0) is 18.4. The van der Waals surface area contributed by atoms with E-state index in [-0.39, 0.29) is 17.8 Å². The van der Waals surface area contributed by atoms with Crippen LogP contribution in [0.15, 0.2) is 35.7 Å². The van der Waals surface area contributed by atoms with Gasteiger partial charge < -0.3 is 9.64 Å². The second kappa shape index (κ2) is 8.94. The molecule has 0 spiro atoms. The maximum atomic E-state index is 12.4. The molecule has 2 aromatic rings. The van der Waals surface area contributed by atoms with Crippen molar-refractivity contribution >= 4 is 23.2 Å². The highest BCUT2D eigenvalue weighted by Gasteiger charge is 2.28. The van der Waals surface area contributed by atoms with Gasteiger partial charge in [0.1, 0.15) is 0 Å². The molecule has 0 saturated carbocycles. The lowest BCUT2D eigenvalue weighted by Gasteiger charge is -2.30. The van der Waals surface area contributed by atoms with E-state index in [2.05, 4.69) is 4.98 Å². The number of amides is 1. The van der Waals surface area contributed by atoms with Gasteiger partial charge in [0.2, 0.25) is 5.91 Å². The number of carbonyl (C=O) groups excluding carboxylic acids is 2. The highest BCUT2D eigenvalue weighted by atomic mass is 32.1. The molecule has 0 atom stereocenters. The summed E-state index contributed by atoms with van der Waals surface area (Å²) in [5.74, 6) is -0.0500. The van der Waals surface area contributed by atoms with Gasteiger partial charge in [0.15, 0.2) is 0 Å². The molecule has 138 valence electrons. The standard InChI is InChI=1S/C20H24N2O3S/c1-2-25-20(24)16-10-12-22(13-11-16)19(23)9-8-18-21-17(14-26-18)15-6-4-3-5-7-15/h3-7,14,16H,2,8-13H2,1H3. The molecule has 0 unspecified atom stereocenters. The van der Waals surface area contributed by atoms with E-state index >= 15 is 0 Å². The summed E-state index contributed by atoms with van der Waals surface area (Å²) in [4.78, 5) is 30.7. The van der Waals surface area contributed by atoms with Gasteiger partial charge in [-0.05, 0) is 19.8 Å². The Morgan fingerprint density at radius 2 is 1.96 bits per heavy atom. The van der Waals surface area contributed by atoms with Crippen LogP contribution in [-0.4, -0.2) is 41.5 Å². The molecule has 0 aliphatic carbocycles. The van der Waals surface area contributed by atoms with Gasteiger partial charge in [-0.15, -0.1) is 11.3 Å². The summed E-state index contributed by atoms with van der Waals surface area (Å²) in [6, 6.07) is 10.1. The third kappa shape index (κ3) is 4.69. The zero-order valence-corrected chi connectivity index (χ0v) is 15.8. The molecular formula is C20H24N2O3S. The molecule has 0 radical (unpaired) electrons. The molecule has 1 amide bonds. The Hall–Kier alpha value is -2.21. The summed E-state index contributed by atoms with van der Waals surface area (Å²) in [5, 5.41) is 3.03. The number of ether oxygens (including phenoxy) is 1. The monoisotopic (exact) mass is 372 g/mol. The van der Waals surface area contributed by atoms with Crippen LogP contribution in [0.1, 0.15) is 31.2 Å². The predicted molar refractivity (Wildman–Crippen MR) is 102 cm³/mol. The highest BCUT2D eigenvalue weighted by molar-refractivity contribution is 7.09. The van der Waals surface area contributed by atoms with Crippen LogP contribution >= 0.6 is 11.3 Å². The van der Waals surface area contributed by atoms with Crippen LogP contribution in [0.25, 0.3) is 11.3 Å². The topological polar surface area (TPSA) is 59.5 Å². The Kier molecular flexibility index (Phi) is 6.39. The van der Waals surface area contributed by atoms with Crippen LogP contribution in [0, 0.1) is 5.92 Å². The number of benzene rings is 1. The van der Waals surface area contributed by atoms with Crippen molar-refractivity contribution in [1.29, 1.82) is 0 Å². The number of nitrogens with zero attached hydrogens (tertiary/aromatic N) is 2. The van der Waals surface area contributed by atoms with Crippen molar-refractivity contribution in [3.8, 4) is 11.3 Å². The van der Waals surface area contributed by atoms with Gasteiger partial charge in [-0.2, -0.15) is 0 Å². The SMILES string of the molecule is CCOC(=O)C1CCN(C(=O)CCc2nc(-c3ccccc3)cs2)CC1. The van der Waals surface area contributed by atoms with Gasteiger partial charge in [0.25, 0.3) is 0 Å². The molecule has 0 N–H and O–H groups in total. The van der Waals surface area contributed by atoms with Crippen LogP contribution in [0.2, 0.25) is 0 Å². The average molecular weight is 372 g/mol. The summed E-state index contributed by atoms with van der Waals surface area (Å²) in [6.45, 7) is 3.50. The van der Waals surface area contributed by atoms with Crippen LogP contribution in [0.4, 0.5) is 0 Å². The highest BCUT2D eigenvalue weighted by Crippen LogP contribution is 2.23. The van der Waals surface area contributed by atoms with E-state index in [0.717, 1.165) is 16.3 Å². The number of rotatable bonds is 6. The zero-order valence-electron chi connectivity index (χ0n) is 15.0. The molecule has 5 nitrogen and oxygen atoms in total. The number of likely N-dealkylation sites (tertiary alicyclic amines) is 1. The average Bonchev–Trinajstić information content (AvgIpc) is 3.16. The molecule has 1 fully saturated rings. The van der Waals surface area contributed by atoms with Crippen LogP contribution in [0.3, 0.4) is 0 Å². The number of piperidine rings is 1. The fourth-order valence-corrected chi connectivity index (χ4v) is 3.97. The molecule has 0 bridgehead atoms. The Bertz CT molecular complexity index is 737. The number of thiazole rings is 1. The first kappa shape index (κ1) is 18.6. The molecule has 1 saturated heterocycles. The smallest absolute Gasteiger partial charge is 0.309 e. The van der Waals surface area contributed by atoms with Crippen molar-refractivity contribution in [2.45, 2.75) is 32.6 Å². The number of hydrogen-bond donors (Lipinski definition) is 0. The fraction of sp³-hybridized carbons (Fsp3) is 0.450. The van der Waals surface area contributed by atoms with E-state index in [0.29, 0.717) is 45.4 Å². The van der Waals surface area contributed by atoms with Crippen LogP contribution in [0.5, 0.6) is 0 Å². The summed E-state index contributed by atoms with van der Waals surface area (Å²) >= 11 is 1.60. The number of esters is 1. The lowest BCUT2D eigenvalue weighted by molar-refractivity contribution is -0.151. The summed E-state index contributed by atoms with van der Waals surface area (Å²) in [7, 11) is 0. The molecule has 1 aromatic carbocycles. The van der Waals surface area contributed by atoms with Crippen LogP contribution in [-0.2, 0) is 20.7 Å². The molecule has 1 aromatic heterocycles. The van der Waals surface area contributed by atoms with E-state index in [9.17, 15) is 9.59 Å². The van der Waals surface area contributed by atoms with E-state index in [1.807, 2.05) is 47.5 Å². The molecule has 2 heterocycles. The third-order valence-corrected chi connectivity index (χ3v) is 5.55. The molecule has 6 heteroatoms. The van der Waals surface area contributed by atoms with Crippen molar-refractivity contribution in [1.82, 2.24) is 9.88 Å². The Morgan fingerprint density at radius 3 is 2.65 bits per heavy atom. The van der Waals surface area contributed by atoms with Gasteiger partial charge in [-0.25, -0.2) is 4.98 Å². The van der Waals surface area contributed by atoms with Crippen molar-refractivity contribution < 1.29 is 14.3 Å². The predicted octanol–water partition coefficient (Wildman–Crippen LogP) is 3.54. The van der Waals surface area contributed by atoms with Crippen molar-refractivity contribution in [2.75, 3.05) is 19.7 Å². The molecule has 26 heavy (non-hydrogen) atoms. The van der Waals surface area contributed by atoms with E-state index < -0.39 is 0 Å². The van der Waals surface area contributed by atoms with E-state index in [4.69, 9.17) is 4.74 Å². The van der Waals surface area contributed by atoms with Crippen molar-refractivity contribution in [2.24, 2.45) is 5.92 Å². The number of aromatic nitrogens is 1. The first-order valence-corrected chi connectivity index (χ1v) is 9.99. The Balaban J connectivity index is 1.46. The molecule has 1 aliphatic rings. The van der Waals surface area contributed by atoms with Gasteiger partial charge in [0, 0.05) is 36.9 Å². The second-order valence-electron chi connectivity index (χ2n) is 6.40. The minimum absolute atomic E-state index is 0.0635. The fourth-order valence-electron chi connectivity index (χ4n) is 3.16. The maximum absolute atomic E-state index is 12.4. The molecular weight excluding hydrogens is 348 g/mol. The van der Waals surface area contributed by atoms with Gasteiger partial charge in [0.05, 0.1) is 23.2 Å². The third-order valence-electron chi connectivity index (χ3n) is 4.64. The summed E-state index contributed by atoms with van der Waals surface area (Å²) < 4.78 is 5.07. The largest absolute Gasteiger partial charge is 0.466 e.